The van der Waals surface area contributed by atoms with Crippen molar-refractivity contribution in [3.63, 3.8) is 0 Å². The van der Waals surface area contributed by atoms with Gasteiger partial charge in [-0.2, -0.15) is 0 Å². The van der Waals surface area contributed by atoms with Crippen LogP contribution in [0.4, 0.5) is 0 Å². The first kappa shape index (κ1) is 24.6. The lowest BCUT2D eigenvalue weighted by molar-refractivity contribution is 1.08. The van der Waals surface area contributed by atoms with Gasteiger partial charge in [-0.1, -0.05) is 146 Å². The average Bonchev–Trinajstić information content (AvgIpc) is 3.11. The smallest absolute Gasteiger partial charge is 0.164 e. The summed E-state index contributed by atoms with van der Waals surface area (Å²) in [4.78, 5) is 15.4. The third-order valence-corrected chi connectivity index (χ3v) is 8.70. The third kappa shape index (κ3) is 3.87. The van der Waals surface area contributed by atoms with E-state index < -0.39 is 0 Å². The molecular formula is C41H25N3. The van der Waals surface area contributed by atoms with Gasteiger partial charge in [0.2, 0.25) is 0 Å². The SMILES string of the molecule is c1ccc(-c2nc(-c3cc4ccccc4c4ccccc34)nc(-c3cccc4c3ccc3c5ccccc5ccc43)n2)cc1. The second-order valence-corrected chi connectivity index (χ2v) is 11.2. The van der Waals surface area contributed by atoms with Crippen LogP contribution in [0.1, 0.15) is 0 Å². The van der Waals surface area contributed by atoms with Gasteiger partial charge in [0.15, 0.2) is 17.5 Å². The fourth-order valence-corrected chi connectivity index (χ4v) is 6.62. The van der Waals surface area contributed by atoms with Crippen LogP contribution in [0.25, 0.3) is 88.0 Å². The van der Waals surface area contributed by atoms with E-state index in [4.69, 9.17) is 15.0 Å². The summed E-state index contributed by atoms with van der Waals surface area (Å²) >= 11 is 0. The molecule has 0 N–H and O–H groups in total. The fourth-order valence-electron chi connectivity index (χ4n) is 6.62. The van der Waals surface area contributed by atoms with Crippen molar-refractivity contribution in [2.24, 2.45) is 0 Å². The van der Waals surface area contributed by atoms with Crippen LogP contribution in [-0.2, 0) is 0 Å². The molecule has 3 nitrogen and oxygen atoms in total. The molecule has 0 saturated carbocycles. The maximum absolute atomic E-state index is 5.21. The number of nitrogens with zero attached hydrogens (tertiary/aromatic N) is 3. The molecule has 44 heavy (non-hydrogen) atoms. The van der Waals surface area contributed by atoms with Gasteiger partial charge in [0.05, 0.1) is 0 Å². The predicted molar refractivity (Wildman–Crippen MR) is 184 cm³/mol. The molecule has 8 aromatic carbocycles. The minimum atomic E-state index is 0.659. The quantitative estimate of drug-likeness (QED) is 0.202. The van der Waals surface area contributed by atoms with E-state index in [0.717, 1.165) is 32.8 Å². The van der Waals surface area contributed by atoms with Crippen LogP contribution in [0, 0.1) is 0 Å². The summed E-state index contributed by atoms with van der Waals surface area (Å²) in [7, 11) is 0. The maximum atomic E-state index is 5.21. The summed E-state index contributed by atoms with van der Waals surface area (Å²) in [5.74, 6) is 1.99. The number of fused-ring (bicyclic) bond motifs is 8. The molecule has 0 fully saturated rings. The fraction of sp³-hybridized carbons (Fsp3) is 0. The van der Waals surface area contributed by atoms with Crippen LogP contribution >= 0.6 is 0 Å². The van der Waals surface area contributed by atoms with E-state index in [2.05, 4.69) is 133 Å². The monoisotopic (exact) mass is 559 g/mol. The molecule has 1 aromatic heterocycles. The standard InChI is InChI=1S/C41H25N3/c1-2-12-27(13-3-1)39-42-40(44-41(43-39)38-25-28-14-5-7-16-30(28)31-17-8-9-18-33(31)38)37-20-10-19-32-35-22-21-26-11-4-6-15-29(26)34(35)23-24-36(32)37/h1-25H. The molecule has 9 aromatic rings. The van der Waals surface area contributed by atoms with Crippen molar-refractivity contribution in [2.75, 3.05) is 0 Å². The Labute approximate surface area is 254 Å². The Balaban J connectivity index is 1.34. The molecule has 0 saturated heterocycles. The van der Waals surface area contributed by atoms with Gasteiger partial charge in [-0.25, -0.2) is 15.0 Å². The van der Waals surface area contributed by atoms with Crippen molar-refractivity contribution < 1.29 is 0 Å². The lowest BCUT2D eigenvalue weighted by Crippen LogP contribution is -2.01. The molecule has 0 aliphatic rings. The highest BCUT2D eigenvalue weighted by Crippen LogP contribution is 2.38. The Morgan fingerprint density at radius 1 is 0.273 bits per heavy atom. The molecule has 204 valence electrons. The highest BCUT2D eigenvalue weighted by atomic mass is 15.0. The minimum Gasteiger partial charge on any atom is -0.208 e. The molecular weight excluding hydrogens is 534 g/mol. The summed E-state index contributed by atoms with van der Waals surface area (Å²) in [6, 6.07) is 53.4. The van der Waals surface area contributed by atoms with Crippen LogP contribution in [-0.4, -0.2) is 15.0 Å². The normalized spacial score (nSPS) is 11.6. The summed E-state index contributed by atoms with van der Waals surface area (Å²) < 4.78 is 0. The third-order valence-electron chi connectivity index (χ3n) is 8.70. The van der Waals surface area contributed by atoms with E-state index in [1.54, 1.807) is 0 Å². The molecule has 9 rings (SSSR count). The lowest BCUT2D eigenvalue weighted by Gasteiger charge is -2.14. The first-order valence-corrected chi connectivity index (χ1v) is 14.9. The van der Waals surface area contributed by atoms with E-state index in [9.17, 15) is 0 Å². The van der Waals surface area contributed by atoms with Gasteiger partial charge >= 0.3 is 0 Å². The van der Waals surface area contributed by atoms with Gasteiger partial charge in [0.1, 0.15) is 0 Å². The van der Waals surface area contributed by atoms with Crippen LogP contribution in [0.5, 0.6) is 0 Å². The van der Waals surface area contributed by atoms with Crippen molar-refractivity contribution in [1.29, 1.82) is 0 Å². The highest BCUT2D eigenvalue weighted by molar-refractivity contribution is 6.19. The summed E-state index contributed by atoms with van der Waals surface area (Å²) in [6.07, 6.45) is 0. The van der Waals surface area contributed by atoms with Crippen molar-refractivity contribution in [3.05, 3.63) is 152 Å². The van der Waals surface area contributed by atoms with Gasteiger partial charge in [0.25, 0.3) is 0 Å². The Bertz CT molecular complexity index is 2550. The Morgan fingerprint density at radius 2 is 0.750 bits per heavy atom. The maximum Gasteiger partial charge on any atom is 0.164 e. The van der Waals surface area contributed by atoms with Crippen LogP contribution in [0.2, 0.25) is 0 Å². The van der Waals surface area contributed by atoms with Crippen LogP contribution < -0.4 is 0 Å². The lowest BCUT2D eigenvalue weighted by atomic mass is 9.94. The van der Waals surface area contributed by atoms with Gasteiger partial charge in [-0.05, 0) is 59.9 Å². The van der Waals surface area contributed by atoms with Crippen molar-refractivity contribution in [1.82, 2.24) is 15.0 Å². The first-order chi connectivity index (χ1) is 21.8. The Hall–Kier alpha value is -5.93. The molecule has 0 aliphatic carbocycles. The topological polar surface area (TPSA) is 38.7 Å². The van der Waals surface area contributed by atoms with E-state index in [0.29, 0.717) is 17.5 Å². The van der Waals surface area contributed by atoms with Gasteiger partial charge < -0.3 is 0 Å². The second-order valence-electron chi connectivity index (χ2n) is 11.2. The van der Waals surface area contributed by atoms with Crippen LogP contribution in [0.15, 0.2) is 152 Å². The van der Waals surface area contributed by atoms with Gasteiger partial charge in [-0.3, -0.25) is 0 Å². The average molecular weight is 560 g/mol. The summed E-state index contributed by atoms with van der Waals surface area (Å²) in [5, 5.41) is 12.0. The van der Waals surface area contributed by atoms with Crippen LogP contribution in [0.3, 0.4) is 0 Å². The van der Waals surface area contributed by atoms with E-state index >= 15 is 0 Å². The molecule has 0 spiro atoms. The molecule has 3 heteroatoms. The second kappa shape index (κ2) is 9.82. The Kier molecular flexibility index (Phi) is 5.50. The summed E-state index contributed by atoms with van der Waals surface area (Å²) in [6.45, 7) is 0. The van der Waals surface area contributed by atoms with Crippen molar-refractivity contribution in [3.8, 4) is 34.2 Å². The zero-order valence-electron chi connectivity index (χ0n) is 23.8. The van der Waals surface area contributed by atoms with E-state index in [1.165, 1.54) is 37.7 Å². The number of aromatic nitrogens is 3. The molecule has 0 unspecified atom stereocenters. The molecule has 0 atom stereocenters. The number of benzene rings is 8. The first-order valence-electron chi connectivity index (χ1n) is 14.9. The largest absolute Gasteiger partial charge is 0.208 e. The Morgan fingerprint density at radius 3 is 1.57 bits per heavy atom. The number of hydrogen-bond donors (Lipinski definition) is 0. The summed E-state index contributed by atoms with van der Waals surface area (Å²) in [5.41, 5.74) is 2.94. The zero-order valence-corrected chi connectivity index (χ0v) is 23.8. The van der Waals surface area contributed by atoms with Gasteiger partial charge in [-0.15, -0.1) is 0 Å². The number of hydrogen-bond acceptors (Lipinski definition) is 3. The van der Waals surface area contributed by atoms with E-state index in [-0.39, 0.29) is 0 Å². The molecule has 0 amide bonds. The van der Waals surface area contributed by atoms with Crippen molar-refractivity contribution in [2.45, 2.75) is 0 Å². The predicted octanol–water partition coefficient (Wildman–Crippen LogP) is 10.6. The molecule has 0 bridgehead atoms. The van der Waals surface area contributed by atoms with E-state index in [1.807, 2.05) is 18.2 Å². The van der Waals surface area contributed by atoms with Gasteiger partial charge in [0, 0.05) is 16.7 Å². The molecule has 1 heterocycles. The number of rotatable bonds is 3. The zero-order chi connectivity index (χ0) is 29.0. The molecule has 0 aliphatic heterocycles. The van der Waals surface area contributed by atoms with Crippen molar-refractivity contribution >= 4 is 53.9 Å². The highest BCUT2D eigenvalue weighted by Gasteiger charge is 2.17. The minimum absolute atomic E-state index is 0.659. The molecule has 0 radical (unpaired) electrons.